The van der Waals surface area contributed by atoms with Crippen molar-refractivity contribution in [3.63, 3.8) is 0 Å². The zero-order valence-electron chi connectivity index (χ0n) is 15.1. The lowest BCUT2D eigenvalue weighted by molar-refractivity contribution is -0.129. The molecule has 2 unspecified atom stereocenters. The summed E-state index contributed by atoms with van der Waals surface area (Å²) in [7, 11) is 1.81. The van der Waals surface area contributed by atoms with Crippen molar-refractivity contribution in [1.29, 1.82) is 0 Å². The zero-order valence-corrected chi connectivity index (χ0v) is 15.1. The molecule has 1 amide bonds. The first-order valence-corrected chi connectivity index (χ1v) is 8.96. The number of hydrogen-bond donors (Lipinski definition) is 2. The maximum atomic E-state index is 13.2. The van der Waals surface area contributed by atoms with Crippen LogP contribution in [0.2, 0.25) is 0 Å². The molecule has 2 aliphatic heterocycles. The van der Waals surface area contributed by atoms with Crippen molar-refractivity contribution in [2.45, 2.75) is 12.5 Å². The van der Waals surface area contributed by atoms with E-state index in [0.717, 1.165) is 17.7 Å². The fourth-order valence-electron chi connectivity index (χ4n) is 3.55. The van der Waals surface area contributed by atoms with Gasteiger partial charge in [0.1, 0.15) is 5.82 Å². The molecule has 2 aromatic carbocycles. The predicted octanol–water partition coefficient (Wildman–Crippen LogP) is 2.02. The van der Waals surface area contributed by atoms with E-state index in [0.29, 0.717) is 24.5 Å². The highest BCUT2D eigenvalue weighted by atomic mass is 19.1. The summed E-state index contributed by atoms with van der Waals surface area (Å²) >= 11 is 0. The molecule has 0 aliphatic carbocycles. The van der Waals surface area contributed by atoms with Crippen LogP contribution in [0.15, 0.2) is 42.5 Å². The molecule has 0 radical (unpaired) electrons. The van der Waals surface area contributed by atoms with Crippen LogP contribution in [-0.4, -0.2) is 37.7 Å². The van der Waals surface area contributed by atoms with Crippen LogP contribution in [0.25, 0.3) is 0 Å². The summed E-state index contributed by atoms with van der Waals surface area (Å²) < 4.78 is 23.8. The molecule has 4 rings (SSSR count). The summed E-state index contributed by atoms with van der Waals surface area (Å²) in [4.78, 5) is 14.4. The minimum Gasteiger partial charge on any atom is -0.454 e. The summed E-state index contributed by atoms with van der Waals surface area (Å²) in [5, 5.41) is 0. The number of ether oxygens (including phenoxy) is 2. The van der Waals surface area contributed by atoms with Gasteiger partial charge in [0, 0.05) is 26.1 Å². The Morgan fingerprint density at radius 1 is 1.19 bits per heavy atom. The van der Waals surface area contributed by atoms with Gasteiger partial charge in [-0.2, -0.15) is 0 Å². The van der Waals surface area contributed by atoms with Crippen LogP contribution in [0.4, 0.5) is 4.39 Å². The average Bonchev–Trinajstić information content (AvgIpc) is 3.31. The minimum absolute atomic E-state index is 0.0337. The van der Waals surface area contributed by atoms with Crippen LogP contribution in [-0.2, 0) is 11.2 Å². The normalized spacial score (nSPS) is 20.7. The Morgan fingerprint density at radius 3 is 2.78 bits per heavy atom. The third-order valence-corrected chi connectivity index (χ3v) is 5.05. The van der Waals surface area contributed by atoms with Gasteiger partial charge < -0.3 is 14.4 Å². The summed E-state index contributed by atoms with van der Waals surface area (Å²) in [6.45, 7) is 1.56. The maximum absolute atomic E-state index is 13.2. The number of rotatable bonds is 5. The standard InChI is InChI=1S/C20H22FN3O3/c1-24(19(25)9-13-2-7-17-18(8-13)27-12-26-17)11-15-10-22-23-20(15)14-3-5-16(21)6-4-14/h2-8,15,20,22-23H,9-12H2,1H3. The largest absolute Gasteiger partial charge is 0.454 e. The number of hydrogen-bond acceptors (Lipinski definition) is 5. The van der Waals surface area contributed by atoms with Crippen molar-refractivity contribution in [3.8, 4) is 11.5 Å². The lowest BCUT2D eigenvalue weighted by Gasteiger charge is -2.25. The van der Waals surface area contributed by atoms with Crippen molar-refractivity contribution in [2.75, 3.05) is 26.9 Å². The Hall–Kier alpha value is -2.64. The lowest BCUT2D eigenvalue weighted by Crippen LogP contribution is -2.35. The van der Waals surface area contributed by atoms with Crippen molar-refractivity contribution in [2.24, 2.45) is 5.92 Å². The second-order valence-corrected chi connectivity index (χ2v) is 6.95. The molecule has 1 fully saturated rings. The fraction of sp³-hybridized carbons (Fsp3) is 0.350. The van der Waals surface area contributed by atoms with Gasteiger partial charge >= 0.3 is 0 Å². The molecule has 0 saturated carbocycles. The highest BCUT2D eigenvalue weighted by Gasteiger charge is 2.30. The molecule has 2 atom stereocenters. The van der Waals surface area contributed by atoms with Gasteiger partial charge in [-0.15, -0.1) is 0 Å². The molecule has 0 spiro atoms. The highest BCUT2D eigenvalue weighted by molar-refractivity contribution is 5.78. The molecule has 27 heavy (non-hydrogen) atoms. The molecule has 2 N–H and O–H groups in total. The van der Waals surface area contributed by atoms with Gasteiger partial charge in [-0.25, -0.2) is 9.82 Å². The molecule has 2 heterocycles. The van der Waals surface area contributed by atoms with Crippen LogP contribution in [0, 0.1) is 11.7 Å². The molecule has 142 valence electrons. The number of hydrazine groups is 1. The minimum atomic E-state index is -0.253. The van der Waals surface area contributed by atoms with Gasteiger partial charge in [0.05, 0.1) is 12.5 Å². The van der Waals surface area contributed by atoms with E-state index in [1.54, 1.807) is 17.0 Å². The molecule has 1 saturated heterocycles. The van der Waals surface area contributed by atoms with Gasteiger partial charge in [0.2, 0.25) is 12.7 Å². The molecule has 0 aromatic heterocycles. The fourth-order valence-corrected chi connectivity index (χ4v) is 3.55. The van der Waals surface area contributed by atoms with Crippen LogP contribution < -0.4 is 20.3 Å². The number of benzene rings is 2. The first kappa shape index (κ1) is 17.8. The second-order valence-electron chi connectivity index (χ2n) is 6.95. The van der Waals surface area contributed by atoms with Crippen molar-refractivity contribution >= 4 is 5.91 Å². The monoisotopic (exact) mass is 371 g/mol. The number of fused-ring (bicyclic) bond motifs is 1. The number of carbonyl (C=O) groups is 1. The van der Waals surface area contributed by atoms with Gasteiger partial charge in [0.25, 0.3) is 0 Å². The first-order chi connectivity index (χ1) is 13.1. The van der Waals surface area contributed by atoms with Gasteiger partial charge in [-0.1, -0.05) is 18.2 Å². The van der Waals surface area contributed by atoms with E-state index in [1.807, 2.05) is 25.2 Å². The Balaban J connectivity index is 1.38. The van der Waals surface area contributed by atoms with Crippen molar-refractivity contribution < 1.29 is 18.7 Å². The SMILES string of the molecule is CN(CC1CNNC1c1ccc(F)cc1)C(=O)Cc1ccc2c(c1)OCO2. The Morgan fingerprint density at radius 2 is 1.96 bits per heavy atom. The number of amides is 1. The quantitative estimate of drug-likeness (QED) is 0.842. The van der Waals surface area contributed by atoms with Gasteiger partial charge in [0.15, 0.2) is 11.5 Å². The summed E-state index contributed by atoms with van der Waals surface area (Å²) in [5.74, 6) is 1.38. The Kier molecular flexibility index (Phi) is 4.96. The van der Waals surface area contributed by atoms with E-state index in [2.05, 4.69) is 10.9 Å². The van der Waals surface area contributed by atoms with Crippen molar-refractivity contribution in [3.05, 3.63) is 59.4 Å². The molecule has 0 bridgehead atoms. The number of halogens is 1. The van der Waals surface area contributed by atoms with E-state index in [4.69, 9.17) is 9.47 Å². The molecule has 2 aliphatic rings. The van der Waals surface area contributed by atoms with E-state index in [1.165, 1.54) is 12.1 Å². The van der Waals surface area contributed by atoms with Crippen molar-refractivity contribution in [1.82, 2.24) is 15.8 Å². The molecule has 2 aromatic rings. The topological polar surface area (TPSA) is 62.8 Å². The van der Waals surface area contributed by atoms with Crippen LogP contribution in [0.1, 0.15) is 17.2 Å². The zero-order chi connectivity index (χ0) is 18.8. The van der Waals surface area contributed by atoms with Gasteiger partial charge in [-0.05, 0) is 35.4 Å². The first-order valence-electron chi connectivity index (χ1n) is 8.96. The van der Waals surface area contributed by atoms with Crippen LogP contribution >= 0.6 is 0 Å². The summed E-state index contributed by atoms with van der Waals surface area (Å²) in [5.41, 5.74) is 8.27. The van der Waals surface area contributed by atoms with E-state index >= 15 is 0 Å². The van der Waals surface area contributed by atoms with E-state index in [9.17, 15) is 9.18 Å². The molecular formula is C20H22FN3O3. The third kappa shape index (κ3) is 3.89. The lowest BCUT2D eigenvalue weighted by atomic mass is 9.94. The Bertz CT molecular complexity index is 828. The third-order valence-electron chi connectivity index (χ3n) is 5.05. The second kappa shape index (κ2) is 7.54. The highest BCUT2D eigenvalue weighted by Crippen LogP contribution is 2.32. The smallest absolute Gasteiger partial charge is 0.231 e. The molecule has 7 heteroatoms. The molecular weight excluding hydrogens is 349 g/mol. The number of nitrogens with zero attached hydrogens (tertiary/aromatic N) is 1. The number of likely N-dealkylation sites (N-methyl/N-ethyl adjacent to an activating group) is 1. The van der Waals surface area contributed by atoms with Crippen LogP contribution in [0.5, 0.6) is 11.5 Å². The van der Waals surface area contributed by atoms with Crippen LogP contribution in [0.3, 0.4) is 0 Å². The number of nitrogens with one attached hydrogen (secondary N) is 2. The summed E-state index contributed by atoms with van der Waals surface area (Å²) in [6, 6.07) is 12.1. The Labute approximate surface area is 157 Å². The van der Waals surface area contributed by atoms with E-state index in [-0.39, 0.29) is 30.5 Å². The van der Waals surface area contributed by atoms with Gasteiger partial charge in [-0.3, -0.25) is 10.2 Å². The maximum Gasteiger partial charge on any atom is 0.231 e. The molecule has 6 nitrogen and oxygen atoms in total. The average molecular weight is 371 g/mol. The summed E-state index contributed by atoms with van der Waals surface area (Å²) in [6.07, 6.45) is 0.307. The predicted molar refractivity (Wildman–Crippen MR) is 97.7 cm³/mol. The number of carbonyl (C=O) groups excluding carboxylic acids is 1. The van der Waals surface area contributed by atoms with E-state index < -0.39 is 0 Å².